The van der Waals surface area contributed by atoms with Gasteiger partial charge in [-0.2, -0.15) is 0 Å². The predicted molar refractivity (Wildman–Crippen MR) is 54.9 cm³/mol. The van der Waals surface area contributed by atoms with Gasteiger partial charge in [-0.3, -0.25) is 0 Å². The molecule has 2 nitrogen and oxygen atoms in total. The van der Waals surface area contributed by atoms with Gasteiger partial charge in [0.2, 0.25) is 0 Å². The minimum absolute atomic E-state index is 0.357. The minimum atomic E-state index is 0.357. The quantitative estimate of drug-likeness (QED) is 0.409. The van der Waals surface area contributed by atoms with Crippen LogP contribution >= 0.6 is 0 Å². The zero-order chi connectivity index (χ0) is 9.94. The topological polar surface area (TPSA) is 26.3 Å². The highest BCUT2D eigenvalue weighted by atomic mass is 16.5. The summed E-state index contributed by atoms with van der Waals surface area (Å²) in [5.74, 6) is 0. The molecule has 0 aliphatic heterocycles. The fourth-order valence-corrected chi connectivity index (χ4v) is 1.18. The maximum Gasteiger partial charge on any atom is 0.119 e. The first kappa shape index (κ1) is 12.6. The summed E-state index contributed by atoms with van der Waals surface area (Å²) >= 11 is 0. The molecule has 0 aromatic heterocycles. The second kappa shape index (κ2) is 9.72. The van der Waals surface area contributed by atoms with Crippen molar-refractivity contribution in [2.45, 2.75) is 58.5 Å². The highest BCUT2D eigenvalue weighted by Gasteiger charge is 1.93. The zero-order valence-corrected chi connectivity index (χ0v) is 8.92. The molecule has 0 aliphatic rings. The molecule has 0 heterocycles. The highest BCUT2D eigenvalue weighted by molar-refractivity contribution is 5.48. The number of aldehydes is 1. The fraction of sp³-hybridized carbons (Fsp3) is 0.909. The van der Waals surface area contributed by atoms with Crippen molar-refractivity contribution in [3.05, 3.63) is 0 Å². The SMILES string of the molecule is CC(C)OCCCCCCCC=O. The number of unbranched alkanes of at least 4 members (excludes halogenated alkanes) is 5. The molecular weight excluding hydrogens is 164 g/mol. The Labute approximate surface area is 81.7 Å². The summed E-state index contributed by atoms with van der Waals surface area (Å²) in [7, 11) is 0. The summed E-state index contributed by atoms with van der Waals surface area (Å²) in [6.07, 6.45) is 7.93. The standard InChI is InChI=1S/C11H22O2/c1-11(2)13-10-8-6-4-3-5-7-9-12/h9,11H,3-8,10H2,1-2H3. The summed E-state index contributed by atoms with van der Waals surface area (Å²) in [5, 5.41) is 0. The van der Waals surface area contributed by atoms with Crippen LogP contribution in [-0.2, 0) is 9.53 Å². The van der Waals surface area contributed by atoms with Crippen LogP contribution in [0, 0.1) is 0 Å². The van der Waals surface area contributed by atoms with Gasteiger partial charge in [0.05, 0.1) is 6.10 Å². The van der Waals surface area contributed by atoms with E-state index in [0.29, 0.717) is 6.10 Å². The van der Waals surface area contributed by atoms with E-state index < -0.39 is 0 Å². The largest absolute Gasteiger partial charge is 0.379 e. The van der Waals surface area contributed by atoms with Crippen molar-refractivity contribution in [2.24, 2.45) is 0 Å². The Kier molecular flexibility index (Phi) is 9.44. The molecule has 2 heteroatoms. The van der Waals surface area contributed by atoms with E-state index in [1.165, 1.54) is 19.3 Å². The zero-order valence-electron chi connectivity index (χ0n) is 8.92. The summed E-state index contributed by atoms with van der Waals surface area (Å²) < 4.78 is 5.41. The van der Waals surface area contributed by atoms with Crippen LogP contribution in [0.5, 0.6) is 0 Å². The van der Waals surface area contributed by atoms with Crippen molar-refractivity contribution in [1.29, 1.82) is 0 Å². The highest BCUT2D eigenvalue weighted by Crippen LogP contribution is 2.04. The molecule has 0 saturated heterocycles. The van der Waals surface area contributed by atoms with Gasteiger partial charge >= 0.3 is 0 Å². The Morgan fingerprint density at radius 2 is 1.69 bits per heavy atom. The Balaban J connectivity index is 2.87. The molecule has 13 heavy (non-hydrogen) atoms. The summed E-state index contributed by atoms with van der Waals surface area (Å²) in [6.45, 7) is 5.00. The number of carbonyl (C=O) groups excluding carboxylic acids is 1. The van der Waals surface area contributed by atoms with Crippen molar-refractivity contribution >= 4 is 6.29 Å². The monoisotopic (exact) mass is 186 g/mol. The molecular formula is C11H22O2. The first-order valence-corrected chi connectivity index (χ1v) is 5.32. The van der Waals surface area contributed by atoms with Crippen LogP contribution in [0.3, 0.4) is 0 Å². The Morgan fingerprint density at radius 3 is 2.31 bits per heavy atom. The van der Waals surface area contributed by atoms with Gasteiger partial charge in [-0.05, 0) is 26.7 Å². The van der Waals surface area contributed by atoms with E-state index in [1.54, 1.807) is 0 Å². The van der Waals surface area contributed by atoms with Gasteiger partial charge in [-0.15, -0.1) is 0 Å². The third-order valence-corrected chi connectivity index (χ3v) is 1.92. The third kappa shape index (κ3) is 11.6. The second-order valence-corrected chi connectivity index (χ2v) is 3.64. The predicted octanol–water partition coefficient (Wildman–Crippen LogP) is 2.95. The van der Waals surface area contributed by atoms with Crippen LogP contribution in [0.2, 0.25) is 0 Å². The van der Waals surface area contributed by atoms with Crippen molar-refractivity contribution < 1.29 is 9.53 Å². The molecule has 0 fully saturated rings. The van der Waals surface area contributed by atoms with Crippen LogP contribution in [0.1, 0.15) is 52.4 Å². The Bertz CT molecular complexity index is 111. The smallest absolute Gasteiger partial charge is 0.119 e. The molecule has 0 bridgehead atoms. The molecule has 0 N–H and O–H groups in total. The minimum Gasteiger partial charge on any atom is -0.379 e. The second-order valence-electron chi connectivity index (χ2n) is 3.64. The number of rotatable bonds is 9. The van der Waals surface area contributed by atoms with E-state index in [9.17, 15) is 4.79 Å². The Hall–Kier alpha value is -0.370. The molecule has 0 spiro atoms. The van der Waals surface area contributed by atoms with Gasteiger partial charge in [-0.25, -0.2) is 0 Å². The van der Waals surface area contributed by atoms with E-state index in [4.69, 9.17) is 4.74 Å². The van der Waals surface area contributed by atoms with E-state index in [-0.39, 0.29) is 0 Å². The van der Waals surface area contributed by atoms with Crippen LogP contribution in [0.4, 0.5) is 0 Å². The van der Waals surface area contributed by atoms with Crippen LogP contribution < -0.4 is 0 Å². The lowest BCUT2D eigenvalue weighted by Gasteiger charge is -2.06. The van der Waals surface area contributed by atoms with Crippen LogP contribution in [0.25, 0.3) is 0 Å². The molecule has 0 aliphatic carbocycles. The summed E-state index contributed by atoms with van der Waals surface area (Å²) in [5.41, 5.74) is 0. The molecule has 0 aromatic carbocycles. The van der Waals surface area contributed by atoms with Gasteiger partial charge in [0.1, 0.15) is 6.29 Å². The molecule has 0 unspecified atom stereocenters. The van der Waals surface area contributed by atoms with E-state index in [1.807, 2.05) is 0 Å². The number of carbonyl (C=O) groups is 1. The normalized spacial score (nSPS) is 10.7. The lowest BCUT2D eigenvalue weighted by Crippen LogP contribution is -2.03. The van der Waals surface area contributed by atoms with E-state index in [0.717, 1.165) is 32.2 Å². The Morgan fingerprint density at radius 1 is 1.08 bits per heavy atom. The number of hydrogen-bond acceptors (Lipinski definition) is 2. The van der Waals surface area contributed by atoms with Gasteiger partial charge in [0.25, 0.3) is 0 Å². The van der Waals surface area contributed by atoms with Gasteiger partial charge in [0.15, 0.2) is 0 Å². The average Bonchev–Trinajstić information content (AvgIpc) is 2.09. The molecule has 0 amide bonds. The molecule has 0 aromatic rings. The molecule has 0 atom stereocenters. The fourth-order valence-electron chi connectivity index (χ4n) is 1.18. The van der Waals surface area contributed by atoms with E-state index >= 15 is 0 Å². The van der Waals surface area contributed by atoms with Crippen molar-refractivity contribution in [3.63, 3.8) is 0 Å². The molecule has 0 radical (unpaired) electrons. The molecule has 0 rings (SSSR count). The van der Waals surface area contributed by atoms with Gasteiger partial charge < -0.3 is 9.53 Å². The summed E-state index contributed by atoms with van der Waals surface area (Å²) in [4.78, 5) is 9.99. The van der Waals surface area contributed by atoms with Crippen LogP contribution in [0.15, 0.2) is 0 Å². The first-order valence-electron chi connectivity index (χ1n) is 5.32. The van der Waals surface area contributed by atoms with Crippen molar-refractivity contribution in [3.8, 4) is 0 Å². The lowest BCUT2D eigenvalue weighted by atomic mass is 10.1. The molecule has 0 saturated carbocycles. The summed E-state index contributed by atoms with van der Waals surface area (Å²) in [6, 6.07) is 0. The van der Waals surface area contributed by atoms with Gasteiger partial charge in [-0.1, -0.05) is 19.3 Å². The first-order chi connectivity index (χ1) is 6.27. The number of hydrogen-bond donors (Lipinski definition) is 0. The number of ether oxygens (including phenoxy) is 1. The van der Waals surface area contributed by atoms with E-state index in [2.05, 4.69) is 13.8 Å². The van der Waals surface area contributed by atoms with Crippen LogP contribution in [-0.4, -0.2) is 19.0 Å². The third-order valence-electron chi connectivity index (χ3n) is 1.92. The molecule has 78 valence electrons. The maximum atomic E-state index is 9.99. The average molecular weight is 186 g/mol. The van der Waals surface area contributed by atoms with Crippen molar-refractivity contribution in [1.82, 2.24) is 0 Å². The van der Waals surface area contributed by atoms with Crippen molar-refractivity contribution in [2.75, 3.05) is 6.61 Å². The maximum absolute atomic E-state index is 9.99. The lowest BCUT2D eigenvalue weighted by molar-refractivity contribution is -0.107. The van der Waals surface area contributed by atoms with Gasteiger partial charge in [0, 0.05) is 13.0 Å².